The fourth-order valence-corrected chi connectivity index (χ4v) is 4.81. The number of benzene rings is 3. The summed E-state index contributed by atoms with van der Waals surface area (Å²) < 4.78 is 10.7. The van der Waals surface area contributed by atoms with Crippen LogP contribution >= 0.6 is 11.8 Å². The molecule has 2 amide bonds. The molecule has 1 aliphatic heterocycles. The lowest BCUT2D eigenvalue weighted by molar-refractivity contribution is -0.129. The molecule has 0 bridgehead atoms. The number of amidine groups is 1. The van der Waals surface area contributed by atoms with Gasteiger partial charge in [-0.3, -0.25) is 14.5 Å². The molecule has 180 valence electrons. The highest BCUT2D eigenvalue weighted by molar-refractivity contribution is 8.15. The molecular formula is C27H27N3O4S. The maximum Gasteiger partial charge on any atom is 0.238 e. The highest BCUT2D eigenvalue weighted by Gasteiger charge is 2.36. The van der Waals surface area contributed by atoms with E-state index < -0.39 is 5.25 Å². The summed E-state index contributed by atoms with van der Waals surface area (Å²) in [5.41, 5.74) is 3.32. The minimum Gasteiger partial charge on any atom is -0.493 e. The van der Waals surface area contributed by atoms with E-state index >= 15 is 0 Å². The fraction of sp³-hybridized carbons (Fsp3) is 0.222. The SMILES string of the molecule is COc1ccc(CN2C(=O)CC(C(=O)Nc3cccc(C)c3)SC2=Nc2ccccc2)cc1OC. The van der Waals surface area contributed by atoms with Crippen LogP contribution < -0.4 is 14.8 Å². The second kappa shape index (κ2) is 11.1. The number of aliphatic imine (C=N–C) groups is 1. The lowest BCUT2D eigenvalue weighted by Crippen LogP contribution is -2.44. The third-order valence-electron chi connectivity index (χ3n) is 5.49. The first-order valence-corrected chi connectivity index (χ1v) is 12.0. The Kier molecular flexibility index (Phi) is 7.72. The number of nitrogens with one attached hydrogen (secondary N) is 1. The molecule has 1 aliphatic rings. The Balaban J connectivity index is 1.60. The quantitative estimate of drug-likeness (QED) is 0.495. The first-order valence-electron chi connectivity index (χ1n) is 11.2. The molecule has 35 heavy (non-hydrogen) atoms. The average molecular weight is 490 g/mol. The molecule has 8 heteroatoms. The van der Waals surface area contributed by atoms with Gasteiger partial charge in [-0.05, 0) is 54.4 Å². The summed E-state index contributed by atoms with van der Waals surface area (Å²) in [5, 5.41) is 2.82. The predicted molar refractivity (Wildman–Crippen MR) is 139 cm³/mol. The molecule has 1 N–H and O–H groups in total. The lowest BCUT2D eigenvalue weighted by atomic mass is 10.1. The molecule has 0 spiro atoms. The van der Waals surface area contributed by atoms with E-state index in [0.29, 0.717) is 34.6 Å². The van der Waals surface area contributed by atoms with E-state index in [9.17, 15) is 9.59 Å². The van der Waals surface area contributed by atoms with Gasteiger partial charge in [-0.1, -0.05) is 48.2 Å². The number of nitrogens with zero attached hydrogens (tertiary/aromatic N) is 2. The van der Waals surface area contributed by atoms with Gasteiger partial charge < -0.3 is 14.8 Å². The first kappa shape index (κ1) is 24.3. The van der Waals surface area contributed by atoms with Gasteiger partial charge in [-0.15, -0.1) is 0 Å². The van der Waals surface area contributed by atoms with E-state index in [-0.39, 0.29) is 18.2 Å². The van der Waals surface area contributed by atoms with Gasteiger partial charge in [0.2, 0.25) is 11.8 Å². The zero-order valence-corrected chi connectivity index (χ0v) is 20.7. The van der Waals surface area contributed by atoms with Crippen molar-refractivity contribution in [1.29, 1.82) is 0 Å². The number of hydrogen-bond acceptors (Lipinski definition) is 6. The van der Waals surface area contributed by atoms with Gasteiger partial charge in [0, 0.05) is 12.1 Å². The summed E-state index contributed by atoms with van der Waals surface area (Å²) in [5.74, 6) is 0.804. The fourth-order valence-electron chi connectivity index (χ4n) is 3.72. The molecule has 0 aromatic heterocycles. The van der Waals surface area contributed by atoms with E-state index in [0.717, 1.165) is 11.1 Å². The molecule has 1 saturated heterocycles. The van der Waals surface area contributed by atoms with Gasteiger partial charge in [-0.2, -0.15) is 0 Å². The van der Waals surface area contributed by atoms with Crippen LogP contribution in [0.25, 0.3) is 0 Å². The van der Waals surface area contributed by atoms with Crippen LogP contribution in [0.1, 0.15) is 17.5 Å². The van der Waals surface area contributed by atoms with E-state index in [1.165, 1.54) is 11.8 Å². The lowest BCUT2D eigenvalue weighted by Gasteiger charge is -2.32. The normalized spacial score (nSPS) is 16.8. The van der Waals surface area contributed by atoms with Crippen molar-refractivity contribution in [3.63, 3.8) is 0 Å². The van der Waals surface area contributed by atoms with Crippen LogP contribution in [0.4, 0.5) is 11.4 Å². The molecule has 0 saturated carbocycles. The monoisotopic (exact) mass is 489 g/mol. The molecule has 3 aromatic carbocycles. The van der Waals surface area contributed by atoms with Crippen LogP contribution in [-0.4, -0.2) is 41.4 Å². The van der Waals surface area contributed by atoms with Crippen molar-refractivity contribution in [2.24, 2.45) is 4.99 Å². The average Bonchev–Trinajstić information content (AvgIpc) is 2.86. The van der Waals surface area contributed by atoms with Crippen LogP contribution in [0, 0.1) is 6.92 Å². The number of amides is 2. The van der Waals surface area contributed by atoms with Gasteiger partial charge in [0.05, 0.1) is 26.5 Å². The number of carbonyl (C=O) groups excluding carboxylic acids is 2. The molecule has 0 radical (unpaired) electrons. The molecule has 3 aromatic rings. The third-order valence-corrected chi connectivity index (χ3v) is 6.68. The van der Waals surface area contributed by atoms with Crippen molar-refractivity contribution in [3.8, 4) is 11.5 Å². The highest BCUT2D eigenvalue weighted by atomic mass is 32.2. The van der Waals surface area contributed by atoms with Crippen LogP contribution in [0.15, 0.2) is 77.8 Å². The summed E-state index contributed by atoms with van der Waals surface area (Å²) in [6.45, 7) is 2.26. The Labute approximate surface area is 209 Å². The Morgan fingerprint density at radius 1 is 1.03 bits per heavy atom. The van der Waals surface area contributed by atoms with Crippen LogP contribution in [0.3, 0.4) is 0 Å². The maximum absolute atomic E-state index is 13.3. The van der Waals surface area contributed by atoms with Crippen molar-refractivity contribution in [2.75, 3.05) is 19.5 Å². The summed E-state index contributed by atoms with van der Waals surface area (Å²) >= 11 is 1.29. The van der Waals surface area contributed by atoms with Gasteiger partial charge in [0.15, 0.2) is 16.7 Å². The maximum atomic E-state index is 13.3. The molecule has 1 fully saturated rings. The number of para-hydroxylation sites is 1. The van der Waals surface area contributed by atoms with Crippen LogP contribution in [0.5, 0.6) is 11.5 Å². The second-order valence-electron chi connectivity index (χ2n) is 8.07. The van der Waals surface area contributed by atoms with Crippen molar-refractivity contribution >= 4 is 40.1 Å². The first-order chi connectivity index (χ1) is 17.0. The Hall–Kier alpha value is -3.78. The molecule has 1 unspecified atom stereocenters. The topological polar surface area (TPSA) is 80.2 Å². The second-order valence-corrected chi connectivity index (χ2v) is 9.24. The van der Waals surface area contributed by atoms with Crippen LogP contribution in [0.2, 0.25) is 0 Å². The molecule has 7 nitrogen and oxygen atoms in total. The van der Waals surface area contributed by atoms with Crippen molar-refractivity contribution in [3.05, 3.63) is 83.9 Å². The number of carbonyl (C=O) groups is 2. The van der Waals surface area contributed by atoms with Gasteiger partial charge in [0.1, 0.15) is 5.25 Å². The molecule has 1 heterocycles. The van der Waals surface area contributed by atoms with Gasteiger partial charge in [-0.25, -0.2) is 4.99 Å². The van der Waals surface area contributed by atoms with Crippen molar-refractivity contribution in [1.82, 2.24) is 4.90 Å². The smallest absolute Gasteiger partial charge is 0.238 e. The standard InChI is InChI=1S/C27H27N3O4S/c1-18-8-7-11-21(14-18)28-26(32)24-16-25(31)30(27(35-24)29-20-9-5-4-6-10-20)17-19-12-13-22(33-2)23(15-19)34-3/h4-15,24H,16-17H2,1-3H3,(H,28,32). The molecule has 4 rings (SSSR count). The zero-order chi connectivity index (χ0) is 24.8. The Morgan fingerprint density at radius 3 is 2.51 bits per heavy atom. The van der Waals surface area contributed by atoms with E-state index in [1.54, 1.807) is 19.1 Å². The van der Waals surface area contributed by atoms with Crippen LogP contribution in [-0.2, 0) is 16.1 Å². The number of anilines is 1. The zero-order valence-electron chi connectivity index (χ0n) is 19.9. The minimum absolute atomic E-state index is 0.0728. The minimum atomic E-state index is -0.591. The summed E-state index contributed by atoms with van der Waals surface area (Å²) in [4.78, 5) is 32.7. The largest absolute Gasteiger partial charge is 0.493 e. The number of aryl methyl sites for hydroxylation is 1. The van der Waals surface area contributed by atoms with E-state index in [2.05, 4.69) is 5.32 Å². The van der Waals surface area contributed by atoms with Gasteiger partial charge >= 0.3 is 0 Å². The summed E-state index contributed by atoms with van der Waals surface area (Å²) in [6, 6.07) is 22.5. The number of hydrogen-bond donors (Lipinski definition) is 1. The number of thioether (sulfide) groups is 1. The summed E-state index contributed by atoms with van der Waals surface area (Å²) in [7, 11) is 3.15. The molecule has 0 aliphatic carbocycles. The molecule has 1 atom stereocenters. The van der Waals surface area contributed by atoms with Gasteiger partial charge in [0.25, 0.3) is 0 Å². The molecular weight excluding hydrogens is 462 g/mol. The Bertz CT molecular complexity index is 1250. The van der Waals surface area contributed by atoms with Crippen molar-refractivity contribution in [2.45, 2.75) is 25.1 Å². The van der Waals surface area contributed by atoms with E-state index in [1.807, 2.05) is 79.7 Å². The van der Waals surface area contributed by atoms with Crippen molar-refractivity contribution < 1.29 is 19.1 Å². The van der Waals surface area contributed by atoms with E-state index in [4.69, 9.17) is 14.5 Å². The predicted octanol–water partition coefficient (Wildman–Crippen LogP) is 5.17. The Morgan fingerprint density at radius 2 is 1.80 bits per heavy atom. The number of methoxy groups -OCH3 is 2. The number of rotatable bonds is 7. The summed E-state index contributed by atoms with van der Waals surface area (Å²) in [6.07, 6.45) is 0.0728. The number of ether oxygens (including phenoxy) is 2. The third kappa shape index (κ3) is 6.02. The highest BCUT2D eigenvalue weighted by Crippen LogP contribution is 2.33.